The lowest BCUT2D eigenvalue weighted by Gasteiger charge is -2.27. The number of nitrogens with two attached hydrogens (primary N) is 2. The molecule has 0 unspecified atom stereocenters. The van der Waals surface area contributed by atoms with Crippen molar-refractivity contribution in [3.05, 3.63) is 77.9 Å². The molecule has 29 nitrogen and oxygen atoms in total. The van der Waals surface area contributed by atoms with Crippen LogP contribution in [0.1, 0.15) is 36.8 Å². The number of aliphatic carboxylic acids is 2. The molecule has 78 heavy (non-hydrogen) atoms. The lowest BCUT2D eigenvalue weighted by atomic mass is 10.0. The van der Waals surface area contributed by atoms with Crippen molar-refractivity contribution in [3.63, 3.8) is 0 Å². The zero-order valence-corrected chi connectivity index (χ0v) is 42.5. The van der Waals surface area contributed by atoms with Crippen molar-refractivity contribution in [2.24, 2.45) is 11.5 Å². The summed E-state index contributed by atoms with van der Waals surface area (Å²) in [6, 6.07) is -0.259. The van der Waals surface area contributed by atoms with Crippen molar-refractivity contribution in [2.75, 3.05) is 44.5 Å². The van der Waals surface area contributed by atoms with Crippen molar-refractivity contribution in [2.45, 2.75) is 86.9 Å². The van der Waals surface area contributed by atoms with E-state index >= 15 is 0 Å². The molecule has 11 amide bonds. The standard InChI is InChI=1S/C48H61N11O18S/c49-36(61)18-31-45(72)58-34-22-77-15-5-4-14-76-21-33(53-38(63)24-78-23-35(41(50)68)59-48(34)75)47(74)55-30(16-25-6-2-1-3-7-25)44(71)54-28(12-13-39(64)65)42(69)51-20-37(62)52-29(17-26-8-10-27(60)11-9-26)43(70)57-32(19-40(66)67)46(73)56-31/h1-11,28-35,60H,12-24H2,(H2,49,61)(H2,50,68)(H,51,69)(H,52,62)(H,53,63)(H,54,71)(H,55,74)(H,56,73)(H,57,70)(H,58,72)(H,59,75)(H,64,65)(H,66,67)/b5-4-/t28-,29+,30+,31-,32+,33+,34+,35+/m1/s1. The van der Waals surface area contributed by atoms with Gasteiger partial charge in [0.05, 0.1) is 51.6 Å². The number of carboxylic acid groups (broad SMARTS) is 2. The molecule has 2 aromatic carbocycles. The van der Waals surface area contributed by atoms with Gasteiger partial charge in [0, 0.05) is 25.0 Å². The minimum Gasteiger partial charge on any atom is -0.508 e. The second kappa shape index (κ2) is 31.4. The Hall–Kier alpha value is -8.64. The Morgan fingerprint density at radius 1 is 0.551 bits per heavy atom. The normalized spacial score (nSPS) is 24.9. The quantitative estimate of drug-likeness (QED) is 0.0695. The predicted octanol–water partition coefficient (Wildman–Crippen LogP) is -5.78. The number of hydrogen-bond donors (Lipinski definition) is 14. The summed E-state index contributed by atoms with van der Waals surface area (Å²) in [7, 11) is 0. The van der Waals surface area contributed by atoms with Crippen LogP contribution in [0.4, 0.5) is 0 Å². The molecule has 3 aliphatic heterocycles. The van der Waals surface area contributed by atoms with E-state index in [2.05, 4.69) is 47.9 Å². The third kappa shape index (κ3) is 21.9. The number of hydrogen-bond acceptors (Lipinski definition) is 17. The molecule has 3 heterocycles. The molecule has 422 valence electrons. The summed E-state index contributed by atoms with van der Waals surface area (Å²) in [5.74, 6) is -16.3. The molecule has 3 aliphatic rings. The van der Waals surface area contributed by atoms with Crippen LogP contribution in [0, 0.1) is 0 Å². The zero-order valence-electron chi connectivity index (χ0n) is 41.7. The molecule has 0 radical (unpaired) electrons. The number of thioether (sulfide) groups is 1. The van der Waals surface area contributed by atoms with Crippen molar-refractivity contribution in [1.29, 1.82) is 0 Å². The highest BCUT2D eigenvalue weighted by Crippen LogP contribution is 2.13. The highest BCUT2D eigenvalue weighted by molar-refractivity contribution is 8.00. The Morgan fingerprint density at radius 3 is 1.64 bits per heavy atom. The number of carboxylic acids is 2. The molecular weight excluding hydrogens is 1050 g/mol. The number of carbonyl (C=O) groups excluding carboxylic acids is 11. The van der Waals surface area contributed by atoms with Gasteiger partial charge >= 0.3 is 11.9 Å². The summed E-state index contributed by atoms with van der Waals surface area (Å²) in [5.41, 5.74) is 11.8. The van der Waals surface area contributed by atoms with Crippen LogP contribution in [0.5, 0.6) is 5.75 Å². The van der Waals surface area contributed by atoms with Crippen LogP contribution in [-0.2, 0) is 84.6 Å². The Labute approximate surface area is 448 Å². The van der Waals surface area contributed by atoms with E-state index in [0.717, 1.165) is 11.8 Å². The van der Waals surface area contributed by atoms with Gasteiger partial charge < -0.3 is 84.1 Å². The Kier molecular flexibility index (Phi) is 24.9. The molecule has 5 rings (SSSR count). The minimum atomic E-state index is -2.06. The molecule has 30 heteroatoms. The highest BCUT2D eigenvalue weighted by Gasteiger charge is 2.36. The number of benzene rings is 2. The molecule has 16 N–H and O–H groups in total. The maximum Gasteiger partial charge on any atom is 0.305 e. The van der Waals surface area contributed by atoms with E-state index in [1.807, 2.05) is 0 Å². The zero-order chi connectivity index (χ0) is 57.3. The Morgan fingerprint density at radius 2 is 1.06 bits per heavy atom. The van der Waals surface area contributed by atoms with Gasteiger partial charge in [0.25, 0.3) is 0 Å². The van der Waals surface area contributed by atoms with Crippen molar-refractivity contribution >= 4 is 88.7 Å². The highest BCUT2D eigenvalue weighted by atomic mass is 32.2. The average Bonchev–Trinajstić information content (AvgIpc) is 3.38. The first-order valence-corrected chi connectivity index (χ1v) is 25.1. The molecule has 1 fully saturated rings. The van der Waals surface area contributed by atoms with E-state index in [4.69, 9.17) is 20.9 Å². The smallest absolute Gasteiger partial charge is 0.305 e. The van der Waals surface area contributed by atoms with Crippen LogP contribution in [-0.4, -0.2) is 185 Å². The van der Waals surface area contributed by atoms with Gasteiger partial charge in [-0.15, -0.1) is 11.8 Å². The SMILES string of the molecule is NC(=O)C[C@H]1NC(=O)[C@H](CC(=O)O)NC(=O)[C@H](Cc2ccc(O)cc2)NC(=O)CNC(=O)[C@@H](CCC(=O)O)NC(=O)[C@H](Cc2ccccc2)NC(=O)[C@@H]2COC/C=C\COC[C@H](NC1=O)C(=O)N[C@H](C(N)=O)CSCC(=O)N2. The predicted molar refractivity (Wildman–Crippen MR) is 271 cm³/mol. The van der Waals surface area contributed by atoms with Crippen molar-refractivity contribution < 1.29 is 87.1 Å². The fraction of sp³-hybridized carbons (Fsp3) is 0.438. The van der Waals surface area contributed by atoms with Gasteiger partial charge in [-0.2, -0.15) is 0 Å². The van der Waals surface area contributed by atoms with Crippen molar-refractivity contribution in [1.82, 2.24) is 47.9 Å². The van der Waals surface area contributed by atoms with Crippen LogP contribution >= 0.6 is 11.8 Å². The Balaban J connectivity index is 1.81. The maximum atomic E-state index is 14.2. The van der Waals surface area contributed by atoms with Crippen LogP contribution in [0.15, 0.2) is 66.7 Å². The van der Waals surface area contributed by atoms with Crippen LogP contribution in [0.25, 0.3) is 0 Å². The minimum absolute atomic E-state index is 0.185. The second-order valence-corrected chi connectivity index (χ2v) is 18.6. The number of nitrogens with one attached hydrogen (secondary N) is 9. The molecule has 0 saturated carbocycles. The molecule has 1 saturated heterocycles. The topological polar surface area (TPSA) is 461 Å². The summed E-state index contributed by atoms with van der Waals surface area (Å²) >= 11 is 0.770. The number of phenolic OH excluding ortho intramolecular Hbond substituents is 1. The molecule has 2 bridgehead atoms. The van der Waals surface area contributed by atoms with Crippen LogP contribution in [0.2, 0.25) is 0 Å². The van der Waals surface area contributed by atoms with Gasteiger partial charge in [0.15, 0.2) is 0 Å². The third-order valence-corrected chi connectivity index (χ3v) is 12.4. The monoisotopic (exact) mass is 1110 g/mol. The number of ether oxygens (including phenoxy) is 2. The number of amides is 11. The van der Waals surface area contributed by atoms with Crippen molar-refractivity contribution in [3.8, 4) is 5.75 Å². The van der Waals surface area contributed by atoms with Gasteiger partial charge in [0.2, 0.25) is 65.0 Å². The van der Waals surface area contributed by atoms with E-state index in [1.54, 1.807) is 30.3 Å². The van der Waals surface area contributed by atoms with Gasteiger partial charge in [0.1, 0.15) is 54.1 Å². The number of phenols is 1. The number of carbonyl (C=O) groups is 13. The summed E-state index contributed by atoms with van der Waals surface area (Å²) in [6.45, 7) is -2.55. The molecule has 0 aromatic heterocycles. The number of rotatable bonds is 12. The van der Waals surface area contributed by atoms with Gasteiger partial charge in [-0.05, 0) is 29.7 Å². The lowest BCUT2D eigenvalue weighted by molar-refractivity contribution is -0.142. The van der Waals surface area contributed by atoms with Gasteiger partial charge in [-0.3, -0.25) is 62.3 Å². The first-order valence-electron chi connectivity index (χ1n) is 24.0. The van der Waals surface area contributed by atoms with Crippen LogP contribution in [0.3, 0.4) is 0 Å². The molecule has 2 aromatic rings. The Bertz CT molecular complexity index is 2550. The first kappa shape index (κ1) is 61.9. The van der Waals surface area contributed by atoms with E-state index in [1.165, 1.54) is 36.4 Å². The fourth-order valence-electron chi connectivity index (χ4n) is 7.35. The van der Waals surface area contributed by atoms with E-state index < -0.39 is 183 Å². The molecular formula is C48H61N11O18S. The summed E-state index contributed by atoms with van der Waals surface area (Å²) < 4.78 is 11.3. The summed E-state index contributed by atoms with van der Waals surface area (Å²) in [6.07, 6.45) is -1.16. The molecule has 8 atom stereocenters. The van der Waals surface area contributed by atoms with Crippen LogP contribution < -0.4 is 59.3 Å². The fourth-order valence-corrected chi connectivity index (χ4v) is 8.22. The lowest BCUT2D eigenvalue weighted by Crippen LogP contribution is -2.61. The number of aromatic hydroxyl groups is 1. The summed E-state index contributed by atoms with van der Waals surface area (Å²) in [5, 5.41) is 50.3. The average molecular weight is 1110 g/mol. The molecule has 0 aliphatic carbocycles. The van der Waals surface area contributed by atoms with Gasteiger partial charge in [-0.1, -0.05) is 54.6 Å². The largest absolute Gasteiger partial charge is 0.508 e. The maximum absolute atomic E-state index is 14.2. The summed E-state index contributed by atoms with van der Waals surface area (Å²) in [4.78, 5) is 173. The number of primary amides is 2. The molecule has 0 spiro atoms. The number of fused-ring (bicyclic) bond motifs is 32. The second-order valence-electron chi connectivity index (χ2n) is 17.5. The van der Waals surface area contributed by atoms with E-state index in [-0.39, 0.29) is 31.1 Å². The first-order chi connectivity index (χ1) is 37.1. The third-order valence-electron chi connectivity index (χ3n) is 11.3. The van der Waals surface area contributed by atoms with E-state index in [0.29, 0.717) is 11.1 Å². The van der Waals surface area contributed by atoms with E-state index in [9.17, 15) is 77.6 Å². The van der Waals surface area contributed by atoms with Gasteiger partial charge in [-0.25, -0.2) is 0 Å².